The van der Waals surface area contributed by atoms with Gasteiger partial charge in [-0.1, -0.05) is 19.1 Å². The quantitative estimate of drug-likeness (QED) is 0.393. The van der Waals surface area contributed by atoms with Crippen molar-refractivity contribution < 1.29 is 19.0 Å². The van der Waals surface area contributed by atoms with Crippen LogP contribution >= 0.6 is 12.2 Å². The van der Waals surface area contributed by atoms with Crippen molar-refractivity contribution in [2.24, 2.45) is 0 Å². The van der Waals surface area contributed by atoms with E-state index in [0.29, 0.717) is 23.9 Å². The molecule has 0 aromatic heterocycles. The molecule has 1 aromatic rings. The first-order chi connectivity index (χ1) is 13.0. The SMILES string of the molecule is CCCN1C(=S)NC(c2ccc(OCC)cc2)C(C(=O)OCCOC)=C1C. The summed E-state index contributed by atoms with van der Waals surface area (Å²) in [4.78, 5) is 14.8. The van der Waals surface area contributed by atoms with Gasteiger partial charge in [0.15, 0.2) is 5.11 Å². The van der Waals surface area contributed by atoms with E-state index in [1.54, 1.807) is 7.11 Å². The van der Waals surface area contributed by atoms with Crippen LogP contribution in [0.3, 0.4) is 0 Å². The first-order valence-electron chi connectivity index (χ1n) is 9.21. The van der Waals surface area contributed by atoms with Gasteiger partial charge >= 0.3 is 5.97 Å². The smallest absolute Gasteiger partial charge is 0.338 e. The van der Waals surface area contributed by atoms with E-state index in [1.165, 1.54) is 0 Å². The fraction of sp³-hybridized carbons (Fsp3) is 0.500. The minimum Gasteiger partial charge on any atom is -0.494 e. The predicted molar refractivity (Wildman–Crippen MR) is 109 cm³/mol. The van der Waals surface area contributed by atoms with Gasteiger partial charge in [-0.15, -0.1) is 0 Å². The second kappa shape index (κ2) is 10.3. The Kier molecular flexibility index (Phi) is 8.06. The molecule has 0 saturated heterocycles. The highest BCUT2D eigenvalue weighted by Crippen LogP contribution is 2.32. The first-order valence-corrected chi connectivity index (χ1v) is 9.61. The van der Waals surface area contributed by atoms with Crippen molar-refractivity contribution in [3.8, 4) is 5.75 Å². The fourth-order valence-corrected chi connectivity index (χ4v) is 3.35. The van der Waals surface area contributed by atoms with E-state index < -0.39 is 0 Å². The molecule has 1 aliphatic heterocycles. The summed E-state index contributed by atoms with van der Waals surface area (Å²) in [6.07, 6.45) is 0.916. The summed E-state index contributed by atoms with van der Waals surface area (Å²) in [6.45, 7) is 7.84. The van der Waals surface area contributed by atoms with Crippen molar-refractivity contribution in [2.45, 2.75) is 33.2 Å². The number of carbonyl (C=O) groups is 1. The van der Waals surface area contributed by atoms with E-state index in [-0.39, 0.29) is 18.6 Å². The van der Waals surface area contributed by atoms with Crippen molar-refractivity contribution >= 4 is 23.3 Å². The number of hydrogen-bond donors (Lipinski definition) is 1. The summed E-state index contributed by atoms with van der Waals surface area (Å²) in [5, 5.41) is 3.91. The summed E-state index contributed by atoms with van der Waals surface area (Å²) in [7, 11) is 1.57. The molecule has 1 aliphatic rings. The Morgan fingerprint density at radius 2 is 1.93 bits per heavy atom. The van der Waals surface area contributed by atoms with Crippen LogP contribution in [-0.2, 0) is 14.3 Å². The van der Waals surface area contributed by atoms with Crippen molar-refractivity contribution in [2.75, 3.05) is 33.5 Å². The molecule has 1 N–H and O–H groups in total. The summed E-state index contributed by atoms with van der Waals surface area (Å²) >= 11 is 5.54. The van der Waals surface area contributed by atoms with Crippen LogP contribution in [-0.4, -0.2) is 49.5 Å². The van der Waals surface area contributed by atoms with Crippen LogP contribution in [0.5, 0.6) is 5.75 Å². The number of rotatable bonds is 9. The number of esters is 1. The molecule has 0 bridgehead atoms. The third-order valence-electron chi connectivity index (χ3n) is 4.31. The van der Waals surface area contributed by atoms with Crippen LogP contribution < -0.4 is 10.1 Å². The lowest BCUT2D eigenvalue weighted by atomic mass is 9.95. The van der Waals surface area contributed by atoms with Gasteiger partial charge in [0.25, 0.3) is 0 Å². The maximum atomic E-state index is 12.8. The number of benzene rings is 1. The summed E-state index contributed by atoms with van der Waals surface area (Å²) in [5.74, 6) is 0.428. The normalized spacial score (nSPS) is 17.0. The number of nitrogens with zero attached hydrogens (tertiary/aromatic N) is 1. The fourth-order valence-electron chi connectivity index (χ4n) is 3.01. The van der Waals surface area contributed by atoms with Crippen LogP contribution in [0.4, 0.5) is 0 Å². The molecule has 1 aromatic carbocycles. The Balaban J connectivity index is 2.37. The van der Waals surface area contributed by atoms with Gasteiger partial charge in [0, 0.05) is 19.4 Å². The molecule has 0 spiro atoms. The number of hydrogen-bond acceptors (Lipinski definition) is 5. The standard InChI is InChI=1S/C20H28N2O4S/c1-5-11-22-14(3)17(19(23)26-13-12-24-4)18(21-20(22)27)15-7-9-16(10-8-15)25-6-2/h7-10,18H,5-6,11-13H2,1-4H3,(H,21,27). The molecule has 1 heterocycles. The Labute approximate surface area is 166 Å². The molecule has 0 amide bonds. The summed E-state index contributed by atoms with van der Waals surface area (Å²) < 4.78 is 15.9. The molecular formula is C20H28N2O4S. The maximum absolute atomic E-state index is 12.8. The zero-order valence-electron chi connectivity index (χ0n) is 16.4. The molecule has 0 saturated carbocycles. The number of nitrogens with one attached hydrogen (secondary N) is 1. The van der Waals surface area contributed by atoms with Gasteiger partial charge in [-0.3, -0.25) is 0 Å². The predicted octanol–water partition coefficient (Wildman–Crippen LogP) is 3.19. The second-order valence-electron chi connectivity index (χ2n) is 6.16. The monoisotopic (exact) mass is 392 g/mol. The lowest BCUT2D eigenvalue weighted by Gasteiger charge is -2.37. The van der Waals surface area contributed by atoms with Gasteiger partial charge in [0.05, 0.1) is 24.8 Å². The molecule has 2 rings (SSSR count). The second-order valence-corrected chi connectivity index (χ2v) is 6.55. The average Bonchev–Trinajstić information content (AvgIpc) is 2.65. The number of carbonyl (C=O) groups excluding carboxylic acids is 1. The lowest BCUT2D eigenvalue weighted by Crippen LogP contribution is -2.48. The van der Waals surface area contributed by atoms with E-state index in [4.69, 9.17) is 26.4 Å². The van der Waals surface area contributed by atoms with Crippen LogP contribution in [0, 0.1) is 0 Å². The largest absolute Gasteiger partial charge is 0.494 e. The topological polar surface area (TPSA) is 60.0 Å². The minimum absolute atomic E-state index is 0.209. The Morgan fingerprint density at radius 3 is 2.52 bits per heavy atom. The summed E-state index contributed by atoms with van der Waals surface area (Å²) in [6, 6.07) is 7.31. The molecule has 0 radical (unpaired) electrons. The molecule has 0 fully saturated rings. The molecule has 1 atom stereocenters. The van der Waals surface area contributed by atoms with E-state index in [1.807, 2.05) is 43.0 Å². The van der Waals surface area contributed by atoms with E-state index in [0.717, 1.165) is 30.0 Å². The van der Waals surface area contributed by atoms with Crippen molar-refractivity contribution in [3.63, 3.8) is 0 Å². The molecule has 27 heavy (non-hydrogen) atoms. The van der Waals surface area contributed by atoms with Crippen molar-refractivity contribution in [1.29, 1.82) is 0 Å². The Morgan fingerprint density at radius 1 is 1.22 bits per heavy atom. The van der Waals surface area contributed by atoms with E-state index in [9.17, 15) is 4.79 Å². The van der Waals surface area contributed by atoms with E-state index >= 15 is 0 Å². The summed E-state index contributed by atoms with van der Waals surface area (Å²) in [5.41, 5.74) is 2.31. The molecule has 1 unspecified atom stereocenters. The zero-order valence-corrected chi connectivity index (χ0v) is 17.2. The molecular weight excluding hydrogens is 364 g/mol. The van der Waals surface area contributed by atoms with Crippen molar-refractivity contribution in [1.82, 2.24) is 10.2 Å². The van der Waals surface area contributed by atoms with E-state index in [2.05, 4.69) is 12.2 Å². The lowest BCUT2D eigenvalue weighted by molar-refractivity contribution is -0.140. The molecule has 7 heteroatoms. The van der Waals surface area contributed by atoms with Crippen LogP contribution in [0.2, 0.25) is 0 Å². The number of allylic oxidation sites excluding steroid dienone is 1. The van der Waals surface area contributed by atoms with Gasteiger partial charge in [0.2, 0.25) is 0 Å². The van der Waals surface area contributed by atoms with Gasteiger partial charge in [-0.25, -0.2) is 4.79 Å². The third-order valence-corrected chi connectivity index (χ3v) is 4.65. The Hall–Kier alpha value is -2.12. The number of methoxy groups -OCH3 is 1. The molecule has 6 nitrogen and oxygen atoms in total. The van der Waals surface area contributed by atoms with Crippen LogP contribution in [0.1, 0.15) is 38.8 Å². The first kappa shape index (κ1) is 21.2. The molecule has 0 aliphatic carbocycles. The van der Waals surface area contributed by atoms with Crippen molar-refractivity contribution in [3.05, 3.63) is 41.1 Å². The van der Waals surface area contributed by atoms with Gasteiger partial charge in [0.1, 0.15) is 12.4 Å². The third kappa shape index (κ3) is 5.20. The average molecular weight is 393 g/mol. The molecule has 148 valence electrons. The van der Waals surface area contributed by atoms with Gasteiger partial charge < -0.3 is 24.4 Å². The zero-order chi connectivity index (χ0) is 19.8. The minimum atomic E-state index is -0.365. The van der Waals surface area contributed by atoms with Crippen LogP contribution in [0.15, 0.2) is 35.5 Å². The number of ether oxygens (including phenoxy) is 3. The highest BCUT2D eigenvalue weighted by molar-refractivity contribution is 7.80. The highest BCUT2D eigenvalue weighted by Gasteiger charge is 2.34. The number of thiocarbonyl (C=S) groups is 1. The van der Waals surface area contributed by atoms with Crippen LogP contribution in [0.25, 0.3) is 0 Å². The Bertz CT molecular complexity index is 688. The maximum Gasteiger partial charge on any atom is 0.338 e. The van der Waals surface area contributed by atoms with Gasteiger partial charge in [-0.05, 0) is 50.2 Å². The highest BCUT2D eigenvalue weighted by atomic mass is 32.1. The van der Waals surface area contributed by atoms with Gasteiger partial charge in [-0.2, -0.15) is 0 Å².